The summed E-state index contributed by atoms with van der Waals surface area (Å²) in [5, 5.41) is 0. The van der Waals surface area contributed by atoms with Crippen LogP contribution in [-0.2, 0) is 6.42 Å². The number of benzene rings is 1. The topological polar surface area (TPSA) is 0 Å². The minimum absolute atomic E-state index is 0.807. The number of unbranched alkanes of at least 4 members (excludes halogenated alkanes) is 6. The minimum atomic E-state index is 0.807. The number of hydrogen-bond acceptors (Lipinski definition) is 0. The number of hydrogen-bond donors (Lipinski definition) is 0. The van der Waals surface area contributed by atoms with E-state index in [0.717, 1.165) is 17.8 Å². The molecule has 2 rings (SSSR count). The fraction of sp³-hybridized carbons (Fsp3) is 0.760. The summed E-state index contributed by atoms with van der Waals surface area (Å²) >= 11 is 0. The Balaban J connectivity index is 1.76. The Morgan fingerprint density at radius 3 is 2.16 bits per heavy atom. The largest absolute Gasteiger partial charge is 0.0654 e. The summed E-state index contributed by atoms with van der Waals surface area (Å²) in [5.74, 6) is 2.67. The molecule has 1 aliphatic carbocycles. The first kappa shape index (κ1) is 20.5. The second kappa shape index (κ2) is 11.8. The Labute approximate surface area is 157 Å². The van der Waals surface area contributed by atoms with Crippen LogP contribution < -0.4 is 0 Å². The molecule has 0 bridgehead atoms. The highest BCUT2D eigenvalue weighted by atomic mass is 14.3. The molecule has 1 aromatic carbocycles. The van der Waals surface area contributed by atoms with E-state index in [1.54, 1.807) is 11.1 Å². The van der Waals surface area contributed by atoms with E-state index < -0.39 is 0 Å². The Morgan fingerprint density at radius 1 is 0.800 bits per heavy atom. The Morgan fingerprint density at radius 2 is 1.48 bits per heavy atom. The van der Waals surface area contributed by atoms with Crippen LogP contribution in [0, 0.1) is 11.8 Å². The van der Waals surface area contributed by atoms with E-state index in [0.29, 0.717) is 0 Å². The van der Waals surface area contributed by atoms with Gasteiger partial charge in [0.15, 0.2) is 0 Å². The zero-order chi connectivity index (χ0) is 17.9. The van der Waals surface area contributed by atoms with Crippen LogP contribution in [0.4, 0.5) is 0 Å². The lowest BCUT2D eigenvalue weighted by Gasteiger charge is -2.34. The van der Waals surface area contributed by atoms with Gasteiger partial charge in [-0.1, -0.05) is 96.4 Å². The van der Waals surface area contributed by atoms with Gasteiger partial charge in [0.2, 0.25) is 0 Å². The van der Waals surface area contributed by atoms with Gasteiger partial charge in [-0.3, -0.25) is 0 Å². The van der Waals surface area contributed by atoms with Gasteiger partial charge in [0.05, 0.1) is 0 Å². The van der Waals surface area contributed by atoms with Gasteiger partial charge >= 0.3 is 0 Å². The molecule has 1 aromatic rings. The van der Waals surface area contributed by atoms with Crippen LogP contribution in [0.1, 0.15) is 115 Å². The van der Waals surface area contributed by atoms with Crippen LogP contribution in [0.15, 0.2) is 24.3 Å². The molecule has 1 fully saturated rings. The van der Waals surface area contributed by atoms with E-state index in [4.69, 9.17) is 0 Å². The van der Waals surface area contributed by atoms with Gasteiger partial charge in [-0.15, -0.1) is 0 Å². The van der Waals surface area contributed by atoms with E-state index in [-0.39, 0.29) is 0 Å². The zero-order valence-corrected chi connectivity index (χ0v) is 17.2. The van der Waals surface area contributed by atoms with Gasteiger partial charge in [-0.2, -0.15) is 0 Å². The summed E-state index contributed by atoms with van der Waals surface area (Å²) in [6.07, 6.45) is 18.2. The summed E-state index contributed by atoms with van der Waals surface area (Å²) in [6, 6.07) is 9.71. The lowest BCUT2D eigenvalue weighted by molar-refractivity contribution is 0.232. The highest BCUT2D eigenvalue weighted by Gasteiger charge is 2.28. The molecule has 0 N–H and O–H groups in total. The molecule has 25 heavy (non-hydrogen) atoms. The third kappa shape index (κ3) is 7.16. The van der Waals surface area contributed by atoms with Gasteiger partial charge in [0.1, 0.15) is 0 Å². The molecule has 1 aliphatic rings. The standard InChI is InChI=1S/C25H42/c1-4-6-8-9-11-12-22-14-17-24(18-15-22)25-19-16-23(20-21(25)3)13-10-7-5-2/h14-15,17-18,21,23,25H,4-13,16,19-20H2,1-3H3. The third-order valence-electron chi connectivity index (χ3n) is 6.47. The van der Waals surface area contributed by atoms with Gasteiger partial charge in [0.25, 0.3) is 0 Å². The first-order chi connectivity index (χ1) is 12.2. The Hall–Kier alpha value is -0.780. The highest BCUT2D eigenvalue weighted by Crippen LogP contribution is 2.41. The SMILES string of the molecule is CCCCCCCc1ccc(C2CCC(CCCCC)CC2C)cc1. The molecule has 0 aromatic heterocycles. The van der Waals surface area contributed by atoms with E-state index in [1.165, 1.54) is 83.5 Å². The smallest absolute Gasteiger partial charge is 0.0136 e. The predicted octanol–water partition coefficient (Wildman–Crippen LogP) is 8.30. The third-order valence-corrected chi connectivity index (χ3v) is 6.47. The molecule has 0 heteroatoms. The predicted molar refractivity (Wildman–Crippen MR) is 112 cm³/mol. The number of rotatable bonds is 11. The summed E-state index contributed by atoms with van der Waals surface area (Å²) < 4.78 is 0. The first-order valence-corrected chi connectivity index (χ1v) is 11.3. The van der Waals surface area contributed by atoms with Crippen molar-refractivity contribution in [3.63, 3.8) is 0 Å². The second-order valence-corrected chi connectivity index (χ2v) is 8.66. The fourth-order valence-electron chi connectivity index (χ4n) is 4.81. The van der Waals surface area contributed by atoms with Gasteiger partial charge in [-0.05, 0) is 61.0 Å². The summed E-state index contributed by atoms with van der Waals surface area (Å²) in [4.78, 5) is 0. The fourth-order valence-corrected chi connectivity index (χ4v) is 4.81. The molecule has 142 valence electrons. The second-order valence-electron chi connectivity index (χ2n) is 8.66. The maximum absolute atomic E-state index is 2.50. The van der Waals surface area contributed by atoms with Crippen molar-refractivity contribution in [1.82, 2.24) is 0 Å². The first-order valence-electron chi connectivity index (χ1n) is 11.3. The lowest BCUT2D eigenvalue weighted by Crippen LogP contribution is -2.21. The molecule has 0 amide bonds. The summed E-state index contributed by atoms with van der Waals surface area (Å²) in [5.41, 5.74) is 3.15. The van der Waals surface area contributed by atoms with Crippen molar-refractivity contribution in [2.24, 2.45) is 11.8 Å². The molecule has 3 atom stereocenters. The lowest BCUT2D eigenvalue weighted by atomic mass is 9.71. The van der Waals surface area contributed by atoms with E-state index in [2.05, 4.69) is 45.0 Å². The van der Waals surface area contributed by atoms with Crippen molar-refractivity contribution in [1.29, 1.82) is 0 Å². The minimum Gasteiger partial charge on any atom is -0.0654 e. The summed E-state index contributed by atoms with van der Waals surface area (Å²) in [6.45, 7) is 7.10. The monoisotopic (exact) mass is 342 g/mol. The molecule has 0 radical (unpaired) electrons. The molecular weight excluding hydrogens is 300 g/mol. The maximum atomic E-state index is 2.50. The van der Waals surface area contributed by atoms with Crippen molar-refractivity contribution in [3.8, 4) is 0 Å². The molecule has 3 unspecified atom stereocenters. The van der Waals surface area contributed by atoms with Crippen LogP contribution >= 0.6 is 0 Å². The molecule has 1 saturated carbocycles. The van der Waals surface area contributed by atoms with Gasteiger partial charge in [-0.25, -0.2) is 0 Å². The van der Waals surface area contributed by atoms with Crippen molar-refractivity contribution >= 4 is 0 Å². The zero-order valence-electron chi connectivity index (χ0n) is 17.2. The van der Waals surface area contributed by atoms with Gasteiger partial charge < -0.3 is 0 Å². The number of aryl methyl sites for hydroxylation is 1. The molecule has 0 saturated heterocycles. The average molecular weight is 343 g/mol. The van der Waals surface area contributed by atoms with E-state index >= 15 is 0 Å². The van der Waals surface area contributed by atoms with Crippen LogP contribution in [0.25, 0.3) is 0 Å². The van der Waals surface area contributed by atoms with Crippen molar-refractivity contribution in [3.05, 3.63) is 35.4 Å². The van der Waals surface area contributed by atoms with Crippen molar-refractivity contribution in [2.75, 3.05) is 0 Å². The van der Waals surface area contributed by atoms with E-state index in [9.17, 15) is 0 Å². The Bertz CT molecular complexity index is 444. The van der Waals surface area contributed by atoms with Crippen LogP contribution in [0.2, 0.25) is 0 Å². The average Bonchev–Trinajstić information content (AvgIpc) is 2.63. The molecule has 0 spiro atoms. The molecule has 0 aliphatic heterocycles. The van der Waals surface area contributed by atoms with Crippen LogP contribution in [-0.4, -0.2) is 0 Å². The van der Waals surface area contributed by atoms with Crippen LogP contribution in [0.5, 0.6) is 0 Å². The van der Waals surface area contributed by atoms with E-state index in [1.807, 2.05) is 0 Å². The summed E-state index contributed by atoms with van der Waals surface area (Å²) in [7, 11) is 0. The van der Waals surface area contributed by atoms with Crippen molar-refractivity contribution < 1.29 is 0 Å². The Kier molecular flexibility index (Phi) is 9.66. The molecular formula is C25H42. The molecule has 0 heterocycles. The maximum Gasteiger partial charge on any atom is -0.0136 e. The quantitative estimate of drug-likeness (QED) is 0.355. The normalized spacial score (nSPS) is 23.7. The van der Waals surface area contributed by atoms with Crippen molar-refractivity contribution in [2.45, 2.75) is 110 Å². The molecule has 0 nitrogen and oxygen atoms in total. The van der Waals surface area contributed by atoms with Crippen LogP contribution in [0.3, 0.4) is 0 Å². The van der Waals surface area contributed by atoms with Gasteiger partial charge in [0, 0.05) is 0 Å². The highest BCUT2D eigenvalue weighted by molar-refractivity contribution is 5.26.